The molecule has 1 heterocycles. The number of sulfonamides is 1. The van der Waals surface area contributed by atoms with Crippen LogP contribution in [-0.2, 0) is 10.0 Å². The van der Waals surface area contributed by atoms with Gasteiger partial charge in [-0.15, -0.1) is 0 Å². The molecule has 2 aromatic carbocycles. The maximum Gasteiger partial charge on any atom is 0.262 e. The molecular weight excluding hydrogens is 309 g/mol. The largest absolute Gasteiger partial charge is 0.494 e. The van der Waals surface area contributed by atoms with E-state index in [1.54, 1.807) is 24.4 Å². The standard InChI is InChI=1S/C14H12FN3O3S/c1-21-14-7-11(4-5-12(14)15)22(19,20)18-10-3-2-9-8-16-17-13(9)6-10/h2-8,18H,1H3,(H,16,17). The quantitative estimate of drug-likeness (QED) is 0.773. The Morgan fingerprint density at radius 1 is 1.23 bits per heavy atom. The van der Waals surface area contributed by atoms with Gasteiger partial charge in [0.2, 0.25) is 0 Å². The molecule has 0 radical (unpaired) electrons. The van der Waals surface area contributed by atoms with Crippen LogP contribution in [-0.4, -0.2) is 25.7 Å². The van der Waals surface area contributed by atoms with Gasteiger partial charge in [-0.3, -0.25) is 9.82 Å². The zero-order chi connectivity index (χ0) is 15.7. The highest BCUT2D eigenvalue weighted by molar-refractivity contribution is 7.92. The van der Waals surface area contributed by atoms with E-state index in [-0.39, 0.29) is 10.6 Å². The predicted molar refractivity (Wildman–Crippen MR) is 79.9 cm³/mol. The van der Waals surface area contributed by atoms with E-state index in [1.165, 1.54) is 13.2 Å². The van der Waals surface area contributed by atoms with Gasteiger partial charge >= 0.3 is 0 Å². The van der Waals surface area contributed by atoms with Crippen molar-refractivity contribution in [1.82, 2.24) is 10.2 Å². The average molecular weight is 321 g/mol. The molecule has 0 aliphatic rings. The molecule has 0 fully saturated rings. The van der Waals surface area contributed by atoms with Crippen molar-refractivity contribution in [3.63, 3.8) is 0 Å². The van der Waals surface area contributed by atoms with E-state index in [0.29, 0.717) is 11.2 Å². The van der Waals surface area contributed by atoms with Crippen LogP contribution in [0, 0.1) is 5.82 Å². The first-order valence-electron chi connectivity index (χ1n) is 6.29. The van der Waals surface area contributed by atoms with Crippen LogP contribution < -0.4 is 9.46 Å². The van der Waals surface area contributed by atoms with Crippen molar-refractivity contribution in [1.29, 1.82) is 0 Å². The summed E-state index contributed by atoms with van der Waals surface area (Å²) in [7, 11) is -2.57. The number of nitrogens with one attached hydrogen (secondary N) is 2. The Morgan fingerprint density at radius 2 is 2.05 bits per heavy atom. The Kier molecular flexibility index (Phi) is 3.45. The lowest BCUT2D eigenvalue weighted by atomic mass is 10.2. The van der Waals surface area contributed by atoms with Crippen molar-refractivity contribution in [2.75, 3.05) is 11.8 Å². The van der Waals surface area contributed by atoms with Crippen molar-refractivity contribution < 1.29 is 17.5 Å². The molecule has 3 rings (SSSR count). The van der Waals surface area contributed by atoms with Crippen LogP contribution in [0.1, 0.15) is 0 Å². The van der Waals surface area contributed by atoms with Gasteiger partial charge in [0, 0.05) is 11.5 Å². The summed E-state index contributed by atoms with van der Waals surface area (Å²) < 4.78 is 45.3. The number of H-pyrrole nitrogens is 1. The third kappa shape index (κ3) is 2.60. The van der Waals surface area contributed by atoms with Gasteiger partial charge in [0.05, 0.1) is 29.4 Å². The minimum atomic E-state index is -3.85. The van der Waals surface area contributed by atoms with Gasteiger partial charge in [-0.2, -0.15) is 5.10 Å². The van der Waals surface area contributed by atoms with Crippen molar-refractivity contribution in [3.8, 4) is 5.75 Å². The summed E-state index contributed by atoms with van der Waals surface area (Å²) in [6.07, 6.45) is 1.64. The number of methoxy groups -OCH3 is 1. The Morgan fingerprint density at radius 3 is 2.82 bits per heavy atom. The summed E-state index contributed by atoms with van der Waals surface area (Å²) in [5.41, 5.74) is 1.08. The molecule has 0 spiro atoms. The molecule has 0 atom stereocenters. The third-order valence-corrected chi connectivity index (χ3v) is 4.51. The first-order valence-corrected chi connectivity index (χ1v) is 7.77. The van der Waals surface area contributed by atoms with E-state index in [4.69, 9.17) is 4.74 Å². The van der Waals surface area contributed by atoms with Crippen molar-refractivity contribution in [2.45, 2.75) is 4.90 Å². The summed E-state index contributed by atoms with van der Waals surface area (Å²) in [5, 5.41) is 7.49. The van der Waals surface area contributed by atoms with Crippen LogP contribution in [0.15, 0.2) is 47.5 Å². The van der Waals surface area contributed by atoms with E-state index in [0.717, 1.165) is 17.5 Å². The van der Waals surface area contributed by atoms with E-state index in [1.807, 2.05) is 0 Å². The van der Waals surface area contributed by atoms with E-state index < -0.39 is 15.8 Å². The topological polar surface area (TPSA) is 84.1 Å². The van der Waals surface area contributed by atoms with Gasteiger partial charge in [-0.25, -0.2) is 12.8 Å². The van der Waals surface area contributed by atoms with E-state index >= 15 is 0 Å². The lowest BCUT2D eigenvalue weighted by Gasteiger charge is -2.09. The fraction of sp³-hybridized carbons (Fsp3) is 0.0714. The minimum absolute atomic E-state index is 0.0875. The molecule has 8 heteroatoms. The van der Waals surface area contributed by atoms with Crippen LogP contribution in [0.25, 0.3) is 10.9 Å². The molecule has 2 N–H and O–H groups in total. The first-order chi connectivity index (χ1) is 10.5. The van der Waals surface area contributed by atoms with Gasteiger partial charge in [-0.1, -0.05) is 0 Å². The number of fused-ring (bicyclic) bond motifs is 1. The molecule has 0 saturated heterocycles. The van der Waals surface area contributed by atoms with E-state index in [2.05, 4.69) is 14.9 Å². The lowest BCUT2D eigenvalue weighted by Crippen LogP contribution is -2.13. The molecule has 1 aromatic heterocycles. The molecule has 0 amide bonds. The summed E-state index contributed by atoms with van der Waals surface area (Å²) in [4.78, 5) is -0.0875. The maximum absolute atomic E-state index is 13.4. The molecule has 22 heavy (non-hydrogen) atoms. The second-order valence-corrected chi connectivity index (χ2v) is 6.26. The number of aromatic nitrogens is 2. The number of hydrogen-bond acceptors (Lipinski definition) is 4. The summed E-state index contributed by atoms with van der Waals surface area (Å²) in [6, 6.07) is 8.34. The number of benzene rings is 2. The number of rotatable bonds is 4. The minimum Gasteiger partial charge on any atom is -0.494 e. The molecule has 0 saturated carbocycles. The van der Waals surface area contributed by atoms with Crippen molar-refractivity contribution >= 4 is 26.6 Å². The van der Waals surface area contributed by atoms with Crippen LogP contribution in [0.4, 0.5) is 10.1 Å². The van der Waals surface area contributed by atoms with Gasteiger partial charge in [0.1, 0.15) is 0 Å². The van der Waals surface area contributed by atoms with Crippen LogP contribution >= 0.6 is 0 Å². The maximum atomic E-state index is 13.4. The van der Waals surface area contributed by atoms with Crippen molar-refractivity contribution in [3.05, 3.63) is 48.4 Å². The first kappa shape index (κ1) is 14.3. The van der Waals surface area contributed by atoms with Crippen LogP contribution in [0.2, 0.25) is 0 Å². The molecule has 0 unspecified atom stereocenters. The van der Waals surface area contributed by atoms with Gasteiger partial charge in [0.15, 0.2) is 11.6 Å². The SMILES string of the molecule is COc1cc(S(=O)(=O)Nc2ccc3cn[nH]c3c2)ccc1F. The zero-order valence-corrected chi connectivity index (χ0v) is 12.3. The molecule has 6 nitrogen and oxygen atoms in total. The zero-order valence-electron chi connectivity index (χ0n) is 11.5. The number of ether oxygens (including phenoxy) is 1. The van der Waals surface area contributed by atoms with Crippen LogP contribution in [0.5, 0.6) is 5.75 Å². The number of anilines is 1. The van der Waals surface area contributed by atoms with Gasteiger partial charge in [0.25, 0.3) is 10.0 Å². The highest BCUT2D eigenvalue weighted by atomic mass is 32.2. The smallest absolute Gasteiger partial charge is 0.262 e. The highest BCUT2D eigenvalue weighted by Gasteiger charge is 2.17. The Hall–Kier alpha value is -2.61. The summed E-state index contributed by atoms with van der Waals surface area (Å²) in [5.74, 6) is -0.757. The molecule has 0 aliphatic carbocycles. The summed E-state index contributed by atoms with van der Waals surface area (Å²) >= 11 is 0. The number of halogens is 1. The monoisotopic (exact) mass is 321 g/mol. The van der Waals surface area contributed by atoms with E-state index in [9.17, 15) is 12.8 Å². The Bertz CT molecular complexity index is 937. The highest BCUT2D eigenvalue weighted by Crippen LogP contribution is 2.24. The lowest BCUT2D eigenvalue weighted by molar-refractivity contribution is 0.385. The van der Waals surface area contributed by atoms with Gasteiger partial charge in [-0.05, 0) is 30.3 Å². The molecule has 0 bridgehead atoms. The molecule has 0 aliphatic heterocycles. The molecule has 114 valence electrons. The number of aromatic amines is 1. The Balaban J connectivity index is 1.95. The number of nitrogens with zero attached hydrogens (tertiary/aromatic N) is 1. The third-order valence-electron chi connectivity index (χ3n) is 3.13. The fourth-order valence-electron chi connectivity index (χ4n) is 2.02. The van der Waals surface area contributed by atoms with Crippen LogP contribution in [0.3, 0.4) is 0 Å². The predicted octanol–water partition coefficient (Wildman–Crippen LogP) is 2.51. The molecular formula is C14H12FN3O3S. The van der Waals surface area contributed by atoms with Gasteiger partial charge < -0.3 is 4.74 Å². The number of hydrogen-bond donors (Lipinski definition) is 2. The van der Waals surface area contributed by atoms with Crippen molar-refractivity contribution in [2.24, 2.45) is 0 Å². The second-order valence-electron chi connectivity index (χ2n) is 4.57. The molecule has 3 aromatic rings. The second kappa shape index (κ2) is 5.30. The fourth-order valence-corrected chi connectivity index (χ4v) is 3.09. The normalized spacial score (nSPS) is 11.5. The average Bonchev–Trinajstić information content (AvgIpc) is 2.94. The summed E-state index contributed by atoms with van der Waals surface area (Å²) in [6.45, 7) is 0. The Labute approximate surface area is 126 Å².